The van der Waals surface area contributed by atoms with Crippen LogP contribution in [0, 0.1) is 4.77 Å². The normalized spacial score (nSPS) is 11.1. The highest BCUT2D eigenvalue weighted by atomic mass is 32.1. The number of H-pyrrole nitrogens is 1. The molecule has 5 nitrogen and oxygen atoms in total. The highest BCUT2D eigenvalue weighted by Crippen LogP contribution is 2.12. The van der Waals surface area contributed by atoms with Crippen molar-refractivity contribution in [2.45, 2.75) is 19.9 Å². The monoisotopic (exact) mass is 250 g/mol. The van der Waals surface area contributed by atoms with E-state index in [2.05, 4.69) is 10.2 Å². The van der Waals surface area contributed by atoms with Crippen molar-refractivity contribution in [3.63, 3.8) is 0 Å². The van der Waals surface area contributed by atoms with Gasteiger partial charge in [0.1, 0.15) is 0 Å². The molecule has 2 heterocycles. The van der Waals surface area contributed by atoms with Crippen molar-refractivity contribution < 1.29 is 0 Å². The third-order valence-electron chi connectivity index (χ3n) is 2.65. The molecule has 90 valence electrons. The molecule has 0 spiro atoms. The second-order valence-electron chi connectivity index (χ2n) is 4.14. The largest absolute Gasteiger partial charge is 0.312 e. The Morgan fingerprint density at radius 1 is 1.47 bits per heavy atom. The van der Waals surface area contributed by atoms with Crippen molar-refractivity contribution in [3.05, 3.63) is 33.5 Å². The van der Waals surface area contributed by atoms with Crippen LogP contribution >= 0.6 is 12.2 Å². The van der Waals surface area contributed by atoms with Crippen molar-refractivity contribution in [2.75, 3.05) is 0 Å². The lowest BCUT2D eigenvalue weighted by molar-refractivity contribution is 0.579. The first-order chi connectivity index (χ1) is 8.02. The zero-order valence-electron chi connectivity index (χ0n) is 9.97. The lowest BCUT2D eigenvalue weighted by Crippen LogP contribution is -2.23. The minimum Gasteiger partial charge on any atom is -0.312 e. The van der Waals surface area contributed by atoms with Gasteiger partial charge in [-0.3, -0.25) is 9.89 Å². The average molecular weight is 250 g/mol. The fourth-order valence-corrected chi connectivity index (χ4v) is 1.81. The summed E-state index contributed by atoms with van der Waals surface area (Å²) in [5, 5.41) is 6.76. The Kier molecular flexibility index (Phi) is 2.97. The molecule has 0 aliphatic heterocycles. The van der Waals surface area contributed by atoms with Crippen LogP contribution in [0.1, 0.15) is 19.9 Å². The number of aromatic amines is 1. The minimum absolute atomic E-state index is 0.0559. The number of rotatable bonds is 2. The first kappa shape index (κ1) is 11.8. The molecule has 0 amide bonds. The summed E-state index contributed by atoms with van der Waals surface area (Å²) in [6, 6.07) is 3.72. The Balaban J connectivity index is 2.69. The average Bonchev–Trinajstić information content (AvgIpc) is 2.60. The summed E-state index contributed by atoms with van der Waals surface area (Å²) >= 11 is 5.04. The number of hydrogen-bond acceptors (Lipinski definition) is 3. The van der Waals surface area contributed by atoms with Gasteiger partial charge in [0.15, 0.2) is 10.6 Å². The smallest absolute Gasteiger partial charge is 0.261 e. The van der Waals surface area contributed by atoms with Crippen molar-refractivity contribution in [3.8, 4) is 11.4 Å². The van der Waals surface area contributed by atoms with Crippen LogP contribution in [0.15, 0.2) is 23.1 Å². The van der Waals surface area contributed by atoms with Gasteiger partial charge in [-0.05, 0) is 38.2 Å². The summed E-state index contributed by atoms with van der Waals surface area (Å²) in [4.78, 5) is 12.2. The van der Waals surface area contributed by atoms with Crippen molar-refractivity contribution in [2.24, 2.45) is 7.05 Å². The molecule has 6 heteroatoms. The Morgan fingerprint density at radius 3 is 2.71 bits per heavy atom. The Labute approximate surface area is 104 Å². The first-order valence-corrected chi connectivity index (χ1v) is 5.76. The topological polar surface area (TPSA) is 55.6 Å². The molecule has 0 bridgehead atoms. The molecule has 0 radical (unpaired) electrons. The van der Waals surface area contributed by atoms with E-state index in [1.807, 2.05) is 19.9 Å². The number of nitrogens with one attached hydrogen (secondary N) is 1. The standard InChI is InChI=1S/C11H14N4OS/c1-7(2)15-6-4-5-8(10(15)16)9-12-13-11(17)14(9)3/h4-7H,1-3H3,(H,13,17). The summed E-state index contributed by atoms with van der Waals surface area (Å²) in [6.45, 7) is 3.93. The predicted octanol–water partition coefficient (Wildman–Crippen LogP) is 1.89. The first-order valence-electron chi connectivity index (χ1n) is 5.35. The maximum atomic E-state index is 12.2. The van der Waals surface area contributed by atoms with Crippen molar-refractivity contribution >= 4 is 12.2 Å². The maximum Gasteiger partial charge on any atom is 0.261 e. The van der Waals surface area contributed by atoms with Crippen LogP contribution in [-0.2, 0) is 7.05 Å². The van der Waals surface area contributed by atoms with E-state index in [1.165, 1.54) is 0 Å². The molecule has 0 atom stereocenters. The molecule has 0 aliphatic carbocycles. The van der Waals surface area contributed by atoms with Gasteiger partial charge in [0.05, 0.1) is 5.56 Å². The second-order valence-corrected chi connectivity index (χ2v) is 4.53. The SMILES string of the molecule is CC(C)n1cccc(-c2n[nH]c(=S)n2C)c1=O. The van der Waals surface area contributed by atoms with E-state index in [4.69, 9.17) is 12.2 Å². The van der Waals surface area contributed by atoms with Gasteiger partial charge in [0.2, 0.25) is 0 Å². The van der Waals surface area contributed by atoms with Crippen molar-refractivity contribution in [1.82, 2.24) is 19.3 Å². The minimum atomic E-state index is -0.0559. The van der Waals surface area contributed by atoms with Gasteiger partial charge in [-0.15, -0.1) is 0 Å². The summed E-state index contributed by atoms with van der Waals surface area (Å²) in [5.74, 6) is 0.565. The van der Waals surface area contributed by atoms with E-state index in [0.717, 1.165) is 0 Å². The molecule has 0 unspecified atom stereocenters. The molecule has 0 saturated carbocycles. The number of hydrogen-bond donors (Lipinski definition) is 1. The van der Waals surface area contributed by atoms with Gasteiger partial charge in [-0.1, -0.05) is 0 Å². The quantitative estimate of drug-likeness (QED) is 0.828. The highest BCUT2D eigenvalue weighted by molar-refractivity contribution is 7.71. The molecule has 0 fully saturated rings. The molecular formula is C11H14N4OS. The molecule has 0 aliphatic rings. The highest BCUT2D eigenvalue weighted by Gasteiger charge is 2.12. The molecular weight excluding hydrogens is 236 g/mol. The zero-order valence-corrected chi connectivity index (χ0v) is 10.8. The summed E-state index contributed by atoms with van der Waals surface area (Å²) in [7, 11) is 1.79. The molecule has 2 aromatic rings. The third kappa shape index (κ3) is 1.95. The number of nitrogens with zero attached hydrogens (tertiary/aromatic N) is 3. The van der Waals surface area contributed by atoms with E-state index < -0.39 is 0 Å². The number of aromatic nitrogens is 4. The van der Waals surface area contributed by atoms with Crippen LogP contribution in [-0.4, -0.2) is 19.3 Å². The molecule has 2 rings (SSSR count). The van der Waals surface area contributed by atoms with Crippen LogP contribution in [0.3, 0.4) is 0 Å². The second kappa shape index (κ2) is 4.29. The molecule has 2 aromatic heterocycles. The molecule has 0 aromatic carbocycles. The summed E-state index contributed by atoms with van der Waals surface area (Å²) < 4.78 is 3.86. The fraction of sp³-hybridized carbons (Fsp3) is 0.364. The van der Waals surface area contributed by atoms with E-state index in [0.29, 0.717) is 16.2 Å². The lowest BCUT2D eigenvalue weighted by Gasteiger charge is -2.10. The Bertz CT molecular complexity index is 650. The number of pyridine rings is 1. The van der Waals surface area contributed by atoms with Gasteiger partial charge < -0.3 is 9.13 Å². The Morgan fingerprint density at radius 2 is 2.18 bits per heavy atom. The lowest BCUT2D eigenvalue weighted by atomic mass is 10.2. The van der Waals surface area contributed by atoms with E-state index in [-0.39, 0.29) is 11.6 Å². The van der Waals surface area contributed by atoms with Crippen LogP contribution < -0.4 is 5.56 Å². The van der Waals surface area contributed by atoms with Crippen LogP contribution in [0.25, 0.3) is 11.4 Å². The van der Waals surface area contributed by atoms with E-state index in [9.17, 15) is 4.79 Å². The van der Waals surface area contributed by atoms with Gasteiger partial charge in [0.25, 0.3) is 5.56 Å². The van der Waals surface area contributed by atoms with Gasteiger partial charge >= 0.3 is 0 Å². The van der Waals surface area contributed by atoms with Crippen LogP contribution in [0.4, 0.5) is 0 Å². The van der Waals surface area contributed by atoms with Gasteiger partial charge in [-0.25, -0.2) is 0 Å². The van der Waals surface area contributed by atoms with Crippen molar-refractivity contribution in [1.29, 1.82) is 0 Å². The molecule has 1 N–H and O–H groups in total. The van der Waals surface area contributed by atoms with Gasteiger partial charge in [-0.2, -0.15) is 5.10 Å². The van der Waals surface area contributed by atoms with E-state index >= 15 is 0 Å². The fourth-order valence-electron chi connectivity index (χ4n) is 1.67. The predicted molar refractivity (Wildman–Crippen MR) is 68.5 cm³/mol. The van der Waals surface area contributed by atoms with E-state index in [1.54, 1.807) is 28.4 Å². The third-order valence-corrected chi connectivity index (χ3v) is 3.02. The zero-order chi connectivity index (χ0) is 12.6. The van der Waals surface area contributed by atoms with Crippen LogP contribution in [0.2, 0.25) is 0 Å². The van der Waals surface area contributed by atoms with Gasteiger partial charge in [0, 0.05) is 19.3 Å². The molecule has 17 heavy (non-hydrogen) atoms. The summed E-state index contributed by atoms with van der Waals surface area (Å²) in [6.07, 6.45) is 1.78. The van der Waals surface area contributed by atoms with Crippen LogP contribution in [0.5, 0.6) is 0 Å². The summed E-state index contributed by atoms with van der Waals surface area (Å²) in [5.41, 5.74) is 0.496. The Hall–Kier alpha value is -1.69. The molecule has 0 saturated heterocycles. The maximum absolute atomic E-state index is 12.2.